The van der Waals surface area contributed by atoms with Gasteiger partial charge in [-0.25, -0.2) is 15.0 Å². The average molecular weight is 838 g/mol. The zero-order valence-corrected chi connectivity index (χ0v) is 41.5. The van der Waals surface area contributed by atoms with E-state index in [1.54, 1.807) is 0 Å². The van der Waals surface area contributed by atoms with Crippen LogP contribution in [0.5, 0.6) is 0 Å². The molecule has 0 radical (unpaired) electrons. The second-order valence-electron chi connectivity index (χ2n) is 18.2. The van der Waals surface area contributed by atoms with Crippen LogP contribution in [0, 0.1) is 145 Å². The van der Waals surface area contributed by atoms with Gasteiger partial charge >= 0.3 is 0 Å². The van der Waals surface area contributed by atoms with Crippen molar-refractivity contribution in [3.05, 3.63) is 117 Å². The molecule has 0 spiro atoms. The summed E-state index contributed by atoms with van der Waals surface area (Å²) in [7, 11) is 0. The summed E-state index contributed by atoms with van der Waals surface area (Å²) >= 11 is 0. The molecule has 0 amide bonds. The van der Waals surface area contributed by atoms with Crippen molar-refractivity contribution in [3.63, 3.8) is 0 Å². The monoisotopic (exact) mass is 838 g/mol. The highest BCUT2D eigenvalue weighted by Gasteiger charge is 2.28. The molecule has 0 saturated carbocycles. The molecule has 0 unspecified atom stereocenters. The molecular weight excluding hydrogens is 775 g/mol. The molecule has 0 atom stereocenters. The Bertz CT molecular complexity index is 2690. The molecule has 0 saturated heterocycles. The molecule has 4 heterocycles. The minimum absolute atomic E-state index is 0.647. The fraction of sp³-hybridized carbons (Fsp3) is 0.389. The van der Waals surface area contributed by atoms with Gasteiger partial charge in [-0.15, -0.1) is 15.3 Å². The maximum atomic E-state index is 5.50. The largest absolute Gasteiger partial charge is 0.208 e. The number of benzene rings is 3. The number of nitrogens with zero attached hydrogens (tertiary/aromatic N) is 9. The lowest BCUT2D eigenvalue weighted by Crippen LogP contribution is -2.11. The molecule has 0 aliphatic carbocycles. The molecule has 0 bridgehead atoms. The topological polar surface area (TPSA) is 116 Å². The molecule has 7 aromatic rings. The Morgan fingerprint density at radius 1 is 0.175 bits per heavy atom. The van der Waals surface area contributed by atoms with Gasteiger partial charge in [0.15, 0.2) is 17.5 Å². The first-order valence-corrected chi connectivity index (χ1v) is 22.0. The molecule has 0 fully saturated rings. The van der Waals surface area contributed by atoms with E-state index in [4.69, 9.17) is 30.2 Å². The van der Waals surface area contributed by atoms with Crippen LogP contribution in [0.25, 0.3) is 67.9 Å². The van der Waals surface area contributed by atoms with E-state index < -0.39 is 0 Å². The van der Waals surface area contributed by atoms with Crippen molar-refractivity contribution < 1.29 is 0 Å². The van der Waals surface area contributed by atoms with Gasteiger partial charge in [0.2, 0.25) is 0 Å². The van der Waals surface area contributed by atoms with E-state index in [-0.39, 0.29) is 0 Å². The van der Waals surface area contributed by atoms with E-state index >= 15 is 0 Å². The Balaban J connectivity index is 1.57. The molecule has 63 heavy (non-hydrogen) atoms. The Morgan fingerprint density at radius 3 is 0.540 bits per heavy atom. The molecule has 9 heteroatoms. The number of hydrogen-bond acceptors (Lipinski definition) is 9. The zero-order valence-electron chi connectivity index (χ0n) is 41.5. The first-order valence-electron chi connectivity index (χ1n) is 22.0. The summed E-state index contributed by atoms with van der Waals surface area (Å²) in [6.45, 7) is 45.1. The zero-order chi connectivity index (χ0) is 46.4. The maximum absolute atomic E-state index is 5.50. The fourth-order valence-electron chi connectivity index (χ4n) is 9.61. The number of rotatable bonds is 6. The van der Waals surface area contributed by atoms with Crippen LogP contribution in [0.1, 0.15) is 117 Å². The Kier molecular flexibility index (Phi) is 11.6. The molecular formula is C54H63N9. The predicted octanol–water partition coefficient (Wildman–Crippen LogP) is 12.7. The summed E-state index contributed by atoms with van der Waals surface area (Å²) in [4.78, 5) is 16.5. The van der Waals surface area contributed by atoms with Crippen molar-refractivity contribution in [2.45, 2.75) is 145 Å². The normalized spacial score (nSPS) is 11.6. The lowest BCUT2D eigenvalue weighted by Gasteiger charge is -2.24. The third-order valence-corrected chi connectivity index (χ3v) is 15.2. The maximum Gasteiger partial charge on any atom is 0.164 e. The van der Waals surface area contributed by atoms with Crippen molar-refractivity contribution >= 4 is 0 Å². The first kappa shape index (κ1) is 44.9. The molecule has 0 N–H and O–H groups in total. The minimum atomic E-state index is 0.647. The van der Waals surface area contributed by atoms with Gasteiger partial charge in [0.25, 0.3) is 0 Å². The summed E-state index contributed by atoms with van der Waals surface area (Å²) in [6, 6.07) is 0. The summed E-state index contributed by atoms with van der Waals surface area (Å²) in [5.74, 6) is 1.94. The second-order valence-corrected chi connectivity index (χ2v) is 18.2. The van der Waals surface area contributed by atoms with E-state index in [9.17, 15) is 0 Å². The summed E-state index contributed by atoms with van der Waals surface area (Å²) in [5.41, 5.74) is 32.4. The smallest absolute Gasteiger partial charge is 0.164 e. The number of hydrogen-bond donors (Lipinski definition) is 0. The van der Waals surface area contributed by atoms with E-state index in [1.807, 2.05) is 20.8 Å². The fourth-order valence-corrected chi connectivity index (χ4v) is 9.61. The molecule has 4 aromatic heterocycles. The Labute approximate surface area is 374 Å². The van der Waals surface area contributed by atoms with Crippen LogP contribution in [0.3, 0.4) is 0 Å². The van der Waals surface area contributed by atoms with Crippen LogP contribution in [0.15, 0.2) is 0 Å². The molecule has 0 aliphatic rings. The minimum Gasteiger partial charge on any atom is -0.208 e. The summed E-state index contributed by atoms with van der Waals surface area (Å²) < 4.78 is 0. The lowest BCUT2D eigenvalue weighted by molar-refractivity contribution is 0.947. The van der Waals surface area contributed by atoms with E-state index in [1.165, 1.54) is 0 Å². The van der Waals surface area contributed by atoms with Crippen molar-refractivity contribution in [3.8, 4) is 67.9 Å². The summed E-state index contributed by atoms with van der Waals surface area (Å²) in [6.07, 6.45) is 0. The van der Waals surface area contributed by atoms with Gasteiger partial charge in [0.05, 0.1) is 34.2 Å². The standard InChI is InChI=1S/C54H63N9/c1-22-37(16)49(61-58-40(22)19)43-25(4)31(10)46(32(11)26(43)5)52-55-53(47-33(12)27(6)44(28(7)34(47)13)50-38(17)23(2)41(20)59-62-50)57-54(56-52)48-35(14)29(8)45(30(9)36(48)15)51-39(18)24(3)42(21)60-63-51/h1-21H3. The van der Waals surface area contributed by atoms with Gasteiger partial charge in [-0.3, -0.25) is 0 Å². The number of aryl methyl sites for hydroxylation is 3. The third-order valence-electron chi connectivity index (χ3n) is 15.2. The van der Waals surface area contributed by atoms with Crippen LogP contribution in [0.4, 0.5) is 0 Å². The van der Waals surface area contributed by atoms with Crippen molar-refractivity contribution in [1.82, 2.24) is 45.5 Å². The van der Waals surface area contributed by atoms with Crippen LogP contribution < -0.4 is 0 Å². The Morgan fingerprint density at radius 2 is 0.349 bits per heavy atom. The highest BCUT2D eigenvalue weighted by molar-refractivity contribution is 5.86. The van der Waals surface area contributed by atoms with Crippen molar-refractivity contribution in [2.75, 3.05) is 0 Å². The van der Waals surface area contributed by atoms with Gasteiger partial charge in [0.1, 0.15) is 0 Å². The summed E-state index contributed by atoms with van der Waals surface area (Å²) in [5, 5.41) is 28.0. The average Bonchev–Trinajstić information content (AvgIpc) is 3.24. The Hall–Kier alpha value is -6.09. The van der Waals surface area contributed by atoms with E-state index in [0.717, 1.165) is 168 Å². The van der Waals surface area contributed by atoms with Gasteiger partial charge in [-0.1, -0.05) is 0 Å². The molecule has 3 aromatic carbocycles. The van der Waals surface area contributed by atoms with Gasteiger partial charge < -0.3 is 0 Å². The highest BCUT2D eigenvalue weighted by atomic mass is 15.1. The van der Waals surface area contributed by atoms with Gasteiger partial charge in [-0.2, -0.15) is 15.3 Å². The van der Waals surface area contributed by atoms with Crippen molar-refractivity contribution in [2.24, 2.45) is 0 Å². The van der Waals surface area contributed by atoms with E-state index in [2.05, 4.69) is 140 Å². The van der Waals surface area contributed by atoms with Crippen LogP contribution in [-0.2, 0) is 0 Å². The van der Waals surface area contributed by atoms with Crippen LogP contribution in [-0.4, -0.2) is 45.5 Å². The number of aromatic nitrogens is 9. The quantitative estimate of drug-likeness (QED) is 0.161. The SMILES string of the molecule is Cc1nnc(-c2c(C)c(C)c(-c3nc(-c4c(C)c(C)c(-c5nnc(C)c(C)c5C)c(C)c4C)nc(-c4c(C)c(C)c(-c5nnc(C)c(C)c5C)c(C)c4C)n3)c(C)c2C)c(C)c1C. The predicted molar refractivity (Wildman–Crippen MR) is 259 cm³/mol. The van der Waals surface area contributed by atoms with Crippen molar-refractivity contribution in [1.29, 1.82) is 0 Å². The molecule has 7 rings (SSSR count). The third kappa shape index (κ3) is 6.95. The molecule has 0 aliphatic heterocycles. The van der Waals surface area contributed by atoms with Crippen LogP contribution >= 0.6 is 0 Å². The van der Waals surface area contributed by atoms with Crippen LogP contribution in [0.2, 0.25) is 0 Å². The second kappa shape index (κ2) is 16.2. The first-order chi connectivity index (χ1) is 29.5. The van der Waals surface area contributed by atoms with Gasteiger partial charge in [-0.05, 0) is 246 Å². The molecule has 324 valence electrons. The van der Waals surface area contributed by atoms with E-state index in [0.29, 0.717) is 17.5 Å². The highest BCUT2D eigenvalue weighted by Crippen LogP contribution is 2.44. The lowest BCUT2D eigenvalue weighted by atomic mass is 9.84. The van der Waals surface area contributed by atoms with Gasteiger partial charge in [0, 0.05) is 33.4 Å². The molecule has 9 nitrogen and oxygen atoms in total.